The number of nitrogens with one attached hydrogen (secondary N) is 1. The van der Waals surface area contributed by atoms with Gasteiger partial charge in [-0.1, -0.05) is 6.92 Å². The number of carbonyl (C=O) groups is 3. The van der Waals surface area contributed by atoms with Crippen molar-refractivity contribution in [3.63, 3.8) is 0 Å². The normalized spacial score (nSPS) is 11.3. The van der Waals surface area contributed by atoms with E-state index in [1.54, 1.807) is 12.1 Å². The third-order valence-corrected chi connectivity index (χ3v) is 4.23. The molecule has 0 aliphatic heterocycles. The van der Waals surface area contributed by atoms with Crippen molar-refractivity contribution in [3.8, 4) is 5.75 Å². The molecule has 0 radical (unpaired) electrons. The Morgan fingerprint density at radius 2 is 1.69 bits per heavy atom. The molecule has 9 nitrogen and oxygen atoms in total. The van der Waals surface area contributed by atoms with Crippen LogP contribution in [0, 0.1) is 16.0 Å². The van der Waals surface area contributed by atoms with Crippen LogP contribution < -0.4 is 10.1 Å². The largest absolute Gasteiger partial charge is 0.497 e. The van der Waals surface area contributed by atoms with E-state index in [9.17, 15) is 24.5 Å². The maximum absolute atomic E-state index is 12.5. The Morgan fingerprint density at radius 3 is 2.24 bits per heavy atom. The smallest absolute Gasteiger partial charge is 0.306 e. The average Bonchev–Trinajstić information content (AvgIpc) is 2.73. The molecule has 0 heterocycles. The van der Waals surface area contributed by atoms with Gasteiger partial charge >= 0.3 is 5.97 Å². The lowest BCUT2D eigenvalue weighted by molar-refractivity contribution is -0.383. The summed E-state index contributed by atoms with van der Waals surface area (Å²) in [7, 11) is 2.71. The van der Waals surface area contributed by atoms with Gasteiger partial charge in [0.1, 0.15) is 11.4 Å². The lowest BCUT2D eigenvalue weighted by Crippen LogP contribution is -2.17. The lowest BCUT2D eigenvalue weighted by Gasteiger charge is -2.11. The van der Waals surface area contributed by atoms with Crippen LogP contribution in [-0.4, -0.2) is 36.8 Å². The molecule has 1 amide bonds. The minimum Gasteiger partial charge on any atom is -0.497 e. The van der Waals surface area contributed by atoms with Gasteiger partial charge in [-0.3, -0.25) is 24.5 Å². The van der Waals surface area contributed by atoms with Crippen molar-refractivity contribution < 1.29 is 28.8 Å². The first-order chi connectivity index (χ1) is 13.8. The molecule has 152 valence electrons. The highest BCUT2D eigenvalue weighted by molar-refractivity contribution is 6.06. The van der Waals surface area contributed by atoms with Crippen LogP contribution in [-0.2, 0) is 9.53 Å². The first-order valence-electron chi connectivity index (χ1n) is 8.61. The Labute approximate surface area is 166 Å². The van der Waals surface area contributed by atoms with Crippen LogP contribution in [0.3, 0.4) is 0 Å². The molecule has 2 aromatic carbocycles. The van der Waals surface area contributed by atoms with E-state index in [2.05, 4.69) is 10.1 Å². The van der Waals surface area contributed by atoms with E-state index in [4.69, 9.17) is 4.74 Å². The molecule has 29 heavy (non-hydrogen) atoms. The second-order valence-electron chi connectivity index (χ2n) is 6.22. The number of hydrogen-bond acceptors (Lipinski definition) is 7. The van der Waals surface area contributed by atoms with E-state index in [-0.39, 0.29) is 23.2 Å². The van der Waals surface area contributed by atoms with Crippen LogP contribution in [0.15, 0.2) is 42.5 Å². The van der Waals surface area contributed by atoms with Crippen LogP contribution in [0.2, 0.25) is 0 Å². The molecule has 0 spiro atoms. The number of nitro groups is 1. The number of ketones is 1. The molecule has 0 aliphatic rings. The SMILES string of the molecule is COC(=O)CC(C)C(=O)c1ccc(NC(=O)c2ccc(OC)cc2)c([N+](=O)[O-])c1. The van der Waals surface area contributed by atoms with Gasteiger partial charge in [-0.15, -0.1) is 0 Å². The number of hydrogen-bond donors (Lipinski definition) is 1. The topological polar surface area (TPSA) is 125 Å². The van der Waals surface area contributed by atoms with Crippen molar-refractivity contribution in [2.75, 3.05) is 19.5 Å². The van der Waals surface area contributed by atoms with Crippen molar-refractivity contribution in [2.45, 2.75) is 13.3 Å². The molecule has 0 aliphatic carbocycles. The maximum Gasteiger partial charge on any atom is 0.306 e. The number of esters is 1. The predicted octanol–water partition coefficient (Wildman–Crippen LogP) is 3.24. The first kappa shape index (κ1) is 21.5. The molecule has 1 unspecified atom stereocenters. The van der Waals surface area contributed by atoms with Gasteiger partial charge in [-0.05, 0) is 36.4 Å². The monoisotopic (exact) mass is 400 g/mol. The molecule has 0 saturated heterocycles. The zero-order valence-electron chi connectivity index (χ0n) is 16.1. The highest BCUT2D eigenvalue weighted by Crippen LogP contribution is 2.28. The van der Waals surface area contributed by atoms with Crippen LogP contribution in [0.4, 0.5) is 11.4 Å². The summed E-state index contributed by atoms with van der Waals surface area (Å²) >= 11 is 0. The van der Waals surface area contributed by atoms with Gasteiger partial charge in [0.15, 0.2) is 5.78 Å². The molecular weight excluding hydrogens is 380 g/mol. The highest BCUT2D eigenvalue weighted by atomic mass is 16.6. The highest BCUT2D eigenvalue weighted by Gasteiger charge is 2.24. The molecule has 2 rings (SSSR count). The number of rotatable bonds is 8. The van der Waals surface area contributed by atoms with Gasteiger partial charge in [0.25, 0.3) is 11.6 Å². The molecule has 1 N–H and O–H groups in total. The predicted molar refractivity (Wildman–Crippen MR) is 104 cm³/mol. The summed E-state index contributed by atoms with van der Waals surface area (Å²) in [5, 5.41) is 13.9. The van der Waals surface area contributed by atoms with E-state index >= 15 is 0 Å². The minimum absolute atomic E-state index is 0.0482. The fourth-order valence-electron chi connectivity index (χ4n) is 2.59. The number of anilines is 1. The number of methoxy groups -OCH3 is 2. The summed E-state index contributed by atoms with van der Waals surface area (Å²) < 4.78 is 9.56. The van der Waals surface area contributed by atoms with Crippen LogP contribution in [0.1, 0.15) is 34.1 Å². The zero-order valence-corrected chi connectivity index (χ0v) is 16.1. The Hall–Kier alpha value is -3.75. The molecule has 0 fully saturated rings. The number of benzene rings is 2. The van der Waals surface area contributed by atoms with Crippen molar-refractivity contribution in [3.05, 3.63) is 63.7 Å². The number of Topliss-reactive ketones (excluding diaryl/α,β-unsaturated/α-hetero) is 1. The number of nitro benzene ring substituents is 1. The molecular formula is C20H20N2O7. The lowest BCUT2D eigenvalue weighted by atomic mass is 9.96. The van der Waals surface area contributed by atoms with Gasteiger partial charge in [0.05, 0.1) is 25.6 Å². The molecule has 0 saturated carbocycles. The zero-order chi connectivity index (χ0) is 21.6. The summed E-state index contributed by atoms with van der Waals surface area (Å²) in [6, 6.07) is 9.96. The standard InChI is InChI=1S/C20H20N2O7/c1-12(10-18(23)29-3)19(24)14-6-9-16(17(11-14)22(26)27)21-20(25)13-4-7-15(28-2)8-5-13/h4-9,11-12H,10H2,1-3H3,(H,21,25). The number of ether oxygens (including phenoxy) is 2. The third kappa shape index (κ3) is 5.38. The van der Waals surface area contributed by atoms with Gasteiger partial charge in [-0.2, -0.15) is 0 Å². The van der Waals surface area contributed by atoms with Gasteiger partial charge in [0, 0.05) is 23.1 Å². The molecule has 0 bridgehead atoms. The summed E-state index contributed by atoms with van der Waals surface area (Å²) in [6.45, 7) is 1.53. The number of amides is 1. The maximum atomic E-state index is 12.5. The Balaban J connectivity index is 2.24. The fourth-order valence-corrected chi connectivity index (χ4v) is 2.59. The van der Waals surface area contributed by atoms with E-state index in [0.29, 0.717) is 5.75 Å². The summed E-state index contributed by atoms with van der Waals surface area (Å²) in [5.74, 6) is -1.68. The molecule has 1 atom stereocenters. The Bertz CT molecular complexity index is 938. The van der Waals surface area contributed by atoms with E-state index in [1.165, 1.54) is 45.4 Å². The van der Waals surface area contributed by atoms with Gasteiger partial charge in [0.2, 0.25) is 0 Å². The second-order valence-corrected chi connectivity index (χ2v) is 6.22. The van der Waals surface area contributed by atoms with Gasteiger partial charge < -0.3 is 14.8 Å². The quantitative estimate of drug-likeness (QED) is 0.312. The van der Waals surface area contributed by atoms with E-state index in [0.717, 1.165) is 6.07 Å². The number of carbonyl (C=O) groups excluding carboxylic acids is 3. The molecule has 9 heteroatoms. The second kappa shape index (κ2) is 9.45. The van der Waals surface area contributed by atoms with Crippen LogP contribution in [0.25, 0.3) is 0 Å². The van der Waals surface area contributed by atoms with E-state index < -0.39 is 34.2 Å². The number of nitrogens with zero attached hydrogens (tertiary/aromatic N) is 1. The average molecular weight is 400 g/mol. The van der Waals surface area contributed by atoms with Crippen molar-refractivity contribution in [1.82, 2.24) is 0 Å². The van der Waals surface area contributed by atoms with Crippen molar-refractivity contribution >= 4 is 29.0 Å². The third-order valence-electron chi connectivity index (χ3n) is 4.23. The molecule has 2 aromatic rings. The fraction of sp³-hybridized carbons (Fsp3) is 0.250. The van der Waals surface area contributed by atoms with Crippen molar-refractivity contribution in [2.24, 2.45) is 5.92 Å². The van der Waals surface area contributed by atoms with Gasteiger partial charge in [-0.25, -0.2) is 0 Å². The minimum atomic E-state index is -0.707. The molecule has 0 aromatic heterocycles. The first-order valence-corrected chi connectivity index (χ1v) is 8.61. The summed E-state index contributed by atoms with van der Waals surface area (Å²) in [6.07, 6.45) is -0.140. The summed E-state index contributed by atoms with van der Waals surface area (Å²) in [4.78, 5) is 46.9. The Kier molecular flexibility index (Phi) is 7.02. The van der Waals surface area contributed by atoms with E-state index in [1.807, 2.05) is 0 Å². The van der Waals surface area contributed by atoms with Crippen LogP contribution in [0.5, 0.6) is 5.75 Å². The summed E-state index contributed by atoms with van der Waals surface area (Å²) in [5.41, 5.74) is -0.126. The van der Waals surface area contributed by atoms with Crippen LogP contribution >= 0.6 is 0 Å². The van der Waals surface area contributed by atoms with Crippen molar-refractivity contribution in [1.29, 1.82) is 0 Å². The Morgan fingerprint density at radius 1 is 1.07 bits per heavy atom.